The fraction of sp³-hybridized carbons (Fsp3) is 0.227. The van der Waals surface area contributed by atoms with E-state index in [0.717, 1.165) is 16.0 Å². The summed E-state index contributed by atoms with van der Waals surface area (Å²) in [6, 6.07) is 9.64. The van der Waals surface area contributed by atoms with Crippen LogP contribution in [0.4, 0.5) is 0 Å². The summed E-state index contributed by atoms with van der Waals surface area (Å²) in [7, 11) is 3.18. The average Bonchev–Trinajstić information content (AvgIpc) is 3.46. The number of nitrogens with zero attached hydrogens (tertiary/aromatic N) is 2. The number of benzene rings is 1. The first-order chi connectivity index (χ1) is 15.5. The van der Waals surface area contributed by atoms with Crippen molar-refractivity contribution in [1.29, 1.82) is 0 Å². The zero-order valence-corrected chi connectivity index (χ0v) is 19.9. The number of carbonyl (C=O) groups excluding carboxylic acids is 1. The van der Waals surface area contributed by atoms with Gasteiger partial charge in [-0.1, -0.05) is 23.9 Å². The van der Waals surface area contributed by atoms with E-state index in [1.807, 2.05) is 41.1 Å². The first kappa shape index (κ1) is 22.4. The van der Waals surface area contributed by atoms with E-state index >= 15 is 0 Å². The molecule has 0 atom stereocenters. The second-order valence-electron chi connectivity index (χ2n) is 6.85. The van der Waals surface area contributed by atoms with Crippen molar-refractivity contribution in [2.45, 2.75) is 18.1 Å². The standard InChI is InChI=1S/C22H21N3O4S3/c1-28-15-6-5-13(10-16(15)29-2)7-8-25-21(27)19-14(17-4-3-9-30-17)11-31-20(19)24-22(25)32-12-18(23)26/h3-6,9-11H,7-8,12H2,1-2H3,(H2,23,26). The van der Waals surface area contributed by atoms with Gasteiger partial charge in [-0.3, -0.25) is 14.2 Å². The van der Waals surface area contributed by atoms with E-state index in [2.05, 4.69) is 0 Å². The van der Waals surface area contributed by atoms with Crippen LogP contribution in [-0.4, -0.2) is 35.4 Å². The zero-order chi connectivity index (χ0) is 22.7. The van der Waals surface area contributed by atoms with E-state index in [4.69, 9.17) is 20.2 Å². The molecular weight excluding hydrogens is 466 g/mol. The summed E-state index contributed by atoms with van der Waals surface area (Å²) >= 11 is 4.20. The molecule has 0 aliphatic rings. The summed E-state index contributed by atoms with van der Waals surface area (Å²) < 4.78 is 12.3. The van der Waals surface area contributed by atoms with Gasteiger partial charge in [0, 0.05) is 22.4 Å². The zero-order valence-electron chi connectivity index (χ0n) is 17.5. The number of ether oxygens (including phenoxy) is 2. The normalized spacial score (nSPS) is 11.1. The molecule has 4 aromatic rings. The van der Waals surface area contributed by atoms with Gasteiger partial charge in [-0.25, -0.2) is 4.98 Å². The number of rotatable bonds is 9. The van der Waals surface area contributed by atoms with Gasteiger partial charge in [-0.15, -0.1) is 22.7 Å². The monoisotopic (exact) mass is 487 g/mol. The van der Waals surface area contributed by atoms with Gasteiger partial charge in [0.15, 0.2) is 16.7 Å². The Hall–Kier alpha value is -2.82. The smallest absolute Gasteiger partial charge is 0.263 e. The van der Waals surface area contributed by atoms with Crippen LogP contribution in [0.15, 0.2) is 51.0 Å². The van der Waals surface area contributed by atoms with Crippen LogP contribution in [0, 0.1) is 0 Å². The van der Waals surface area contributed by atoms with Crippen molar-refractivity contribution in [2.24, 2.45) is 5.73 Å². The number of hydrogen-bond donors (Lipinski definition) is 1. The molecule has 0 saturated carbocycles. The molecule has 1 amide bonds. The molecule has 3 heterocycles. The minimum Gasteiger partial charge on any atom is -0.493 e. The Balaban J connectivity index is 1.74. The van der Waals surface area contributed by atoms with Crippen LogP contribution in [0.5, 0.6) is 11.5 Å². The average molecular weight is 488 g/mol. The number of nitrogens with two attached hydrogens (primary N) is 1. The fourth-order valence-corrected chi connectivity index (χ4v) is 5.91. The van der Waals surface area contributed by atoms with E-state index in [-0.39, 0.29) is 11.3 Å². The predicted molar refractivity (Wildman–Crippen MR) is 130 cm³/mol. The van der Waals surface area contributed by atoms with Gasteiger partial charge in [0.1, 0.15) is 4.83 Å². The summed E-state index contributed by atoms with van der Waals surface area (Å²) in [6.45, 7) is 0.401. The van der Waals surface area contributed by atoms with Crippen molar-refractivity contribution >= 4 is 50.6 Å². The highest BCUT2D eigenvalue weighted by molar-refractivity contribution is 7.99. The first-order valence-corrected chi connectivity index (χ1v) is 12.4. The van der Waals surface area contributed by atoms with E-state index in [9.17, 15) is 9.59 Å². The molecule has 0 aliphatic carbocycles. The molecule has 0 saturated heterocycles. The van der Waals surface area contributed by atoms with E-state index in [1.54, 1.807) is 30.1 Å². The minimum atomic E-state index is -0.457. The summed E-state index contributed by atoms with van der Waals surface area (Å²) in [6.07, 6.45) is 0.579. The van der Waals surface area contributed by atoms with Crippen molar-refractivity contribution in [3.05, 3.63) is 57.0 Å². The molecule has 0 aliphatic heterocycles. The second-order valence-corrected chi connectivity index (χ2v) is 9.60. The maximum atomic E-state index is 13.6. The Morgan fingerprint density at radius 1 is 1.19 bits per heavy atom. The Bertz CT molecular complexity index is 1310. The Morgan fingerprint density at radius 3 is 2.69 bits per heavy atom. The number of thiophene rings is 2. The third kappa shape index (κ3) is 4.52. The maximum absolute atomic E-state index is 13.6. The van der Waals surface area contributed by atoms with Crippen LogP contribution in [0.25, 0.3) is 20.7 Å². The van der Waals surface area contributed by atoms with Crippen LogP contribution < -0.4 is 20.8 Å². The lowest BCUT2D eigenvalue weighted by Gasteiger charge is -2.13. The third-order valence-corrected chi connectivity index (χ3v) is 7.64. The molecule has 0 spiro atoms. The van der Waals surface area contributed by atoms with Crippen LogP contribution in [0.3, 0.4) is 0 Å². The number of methoxy groups -OCH3 is 2. The van der Waals surface area contributed by atoms with Crippen molar-refractivity contribution < 1.29 is 14.3 Å². The van der Waals surface area contributed by atoms with Gasteiger partial charge in [-0.05, 0) is 35.6 Å². The van der Waals surface area contributed by atoms with Crippen molar-refractivity contribution in [1.82, 2.24) is 9.55 Å². The second kappa shape index (κ2) is 9.76. The lowest BCUT2D eigenvalue weighted by Crippen LogP contribution is -2.25. The molecular formula is C22H21N3O4S3. The number of aryl methyl sites for hydroxylation is 1. The number of primary amides is 1. The third-order valence-electron chi connectivity index (χ3n) is 4.86. The quantitative estimate of drug-likeness (QED) is 0.283. The highest BCUT2D eigenvalue weighted by Crippen LogP contribution is 2.35. The Kier molecular flexibility index (Phi) is 6.83. The van der Waals surface area contributed by atoms with Crippen LogP contribution in [-0.2, 0) is 17.8 Å². The van der Waals surface area contributed by atoms with E-state index in [1.165, 1.54) is 23.1 Å². The summed E-state index contributed by atoms with van der Waals surface area (Å²) in [5.74, 6) is 0.874. The van der Waals surface area contributed by atoms with Crippen LogP contribution >= 0.6 is 34.4 Å². The number of hydrogen-bond acceptors (Lipinski definition) is 8. The SMILES string of the molecule is COc1ccc(CCn2c(SCC(N)=O)nc3scc(-c4cccs4)c3c2=O)cc1OC. The molecule has 3 aromatic heterocycles. The van der Waals surface area contributed by atoms with Crippen LogP contribution in [0.2, 0.25) is 0 Å². The predicted octanol–water partition coefficient (Wildman–Crippen LogP) is 4.02. The molecule has 7 nitrogen and oxygen atoms in total. The molecule has 2 N–H and O–H groups in total. The topological polar surface area (TPSA) is 96.4 Å². The number of aromatic nitrogens is 2. The maximum Gasteiger partial charge on any atom is 0.263 e. The number of fused-ring (bicyclic) bond motifs is 1. The highest BCUT2D eigenvalue weighted by Gasteiger charge is 2.18. The first-order valence-electron chi connectivity index (χ1n) is 9.69. The minimum absolute atomic E-state index is 0.0530. The van der Waals surface area contributed by atoms with Crippen molar-refractivity contribution in [3.8, 4) is 21.9 Å². The van der Waals surface area contributed by atoms with E-state index < -0.39 is 5.91 Å². The summed E-state index contributed by atoms with van der Waals surface area (Å²) in [5, 5.41) is 5.04. The van der Waals surface area contributed by atoms with Gasteiger partial charge in [0.25, 0.3) is 5.56 Å². The number of carbonyl (C=O) groups is 1. The Morgan fingerprint density at radius 2 is 2.00 bits per heavy atom. The van der Waals surface area contributed by atoms with Crippen molar-refractivity contribution in [2.75, 3.05) is 20.0 Å². The number of thioether (sulfide) groups is 1. The molecule has 10 heteroatoms. The molecule has 0 bridgehead atoms. The highest BCUT2D eigenvalue weighted by atomic mass is 32.2. The number of amides is 1. The molecule has 32 heavy (non-hydrogen) atoms. The molecule has 0 radical (unpaired) electrons. The summed E-state index contributed by atoms with van der Waals surface area (Å²) in [5.41, 5.74) is 7.10. The molecule has 0 unspecified atom stereocenters. The molecule has 4 rings (SSSR count). The van der Waals surface area contributed by atoms with Gasteiger partial charge < -0.3 is 15.2 Å². The fourth-order valence-electron chi connectivity index (χ4n) is 3.34. The van der Waals surface area contributed by atoms with Gasteiger partial charge in [0.05, 0.1) is 25.4 Å². The molecule has 166 valence electrons. The molecule has 0 fully saturated rings. The van der Waals surface area contributed by atoms with E-state index in [0.29, 0.717) is 39.8 Å². The lowest BCUT2D eigenvalue weighted by atomic mass is 10.1. The largest absolute Gasteiger partial charge is 0.493 e. The lowest BCUT2D eigenvalue weighted by molar-refractivity contribution is -0.115. The van der Waals surface area contributed by atoms with Gasteiger partial charge in [0.2, 0.25) is 5.91 Å². The van der Waals surface area contributed by atoms with Crippen LogP contribution in [0.1, 0.15) is 5.56 Å². The Labute approximate surface area is 196 Å². The van der Waals surface area contributed by atoms with Gasteiger partial charge >= 0.3 is 0 Å². The van der Waals surface area contributed by atoms with Crippen molar-refractivity contribution in [3.63, 3.8) is 0 Å². The summed E-state index contributed by atoms with van der Waals surface area (Å²) in [4.78, 5) is 31.3. The van der Waals surface area contributed by atoms with Gasteiger partial charge in [-0.2, -0.15) is 0 Å². The molecule has 1 aromatic carbocycles.